The monoisotopic (exact) mass is 396 g/mol. The number of anilines is 1. The van der Waals surface area contributed by atoms with Gasteiger partial charge in [-0.05, 0) is 25.1 Å². The fraction of sp³-hybridized carbons (Fsp3) is 0.300. The van der Waals surface area contributed by atoms with Crippen LogP contribution in [-0.4, -0.2) is 46.0 Å². The van der Waals surface area contributed by atoms with Gasteiger partial charge in [0.25, 0.3) is 5.56 Å². The zero-order chi connectivity index (χ0) is 20.5. The number of H-pyrrole nitrogens is 1. The molecule has 9 heteroatoms. The van der Waals surface area contributed by atoms with Gasteiger partial charge in [-0.1, -0.05) is 0 Å². The SMILES string of the molecule is Cc1nc2c(F)c(F)c(CN3CCN(c4ccc(C#N)cn4)CC3)cc2[nH]c1=O. The van der Waals surface area contributed by atoms with Crippen molar-refractivity contribution in [2.75, 3.05) is 31.1 Å². The lowest BCUT2D eigenvalue weighted by atomic mass is 10.1. The molecule has 3 aromatic rings. The molecular formula is C20H18F2N6O. The molecule has 0 amide bonds. The molecule has 1 aromatic carbocycles. The highest BCUT2D eigenvalue weighted by atomic mass is 19.2. The third-order valence-electron chi connectivity index (χ3n) is 5.08. The zero-order valence-electron chi connectivity index (χ0n) is 15.7. The minimum atomic E-state index is -1.04. The van der Waals surface area contributed by atoms with Crippen LogP contribution in [0.1, 0.15) is 16.8 Å². The van der Waals surface area contributed by atoms with E-state index in [0.29, 0.717) is 31.7 Å². The lowest BCUT2D eigenvalue weighted by Gasteiger charge is -2.35. The second-order valence-corrected chi connectivity index (χ2v) is 6.99. The largest absolute Gasteiger partial charge is 0.354 e. The number of hydrogen-bond donors (Lipinski definition) is 1. The first kappa shape index (κ1) is 19.0. The van der Waals surface area contributed by atoms with E-state index in [1.165, 1.54) is 19.2 Å². The van der Waals surface area contributed by atoms with Gasteiger partial charge in [-0.3, -0.25) is 9.69 Å². The number of aromatic amines is 1. The number of nitrogens with zero attached hydrogens (tertiary/aromatic N) is 5. The maximum absolute atomic E-state index is 14.6. The molecule has 0 bridgehead atoms. The maximum Gasteiger partial charge on any atom is 0.269 e. The number of aromatic nitrogens is 3. The minimum absolute atomic E-state index is 0.0936. The van der Waals surface area contributed by atoms with E-state index in [2.05, 4.69) is 19.9 Å². The summed E-state index contributed by atoms with van der Waals surface area (Å²) >= 11 is 0. The van der Waals surface area contributed by atoms with Crippen LogP contribution in [0, 0.1) is 29.9 Å². The number of pyridine rings is 1. The molecule has 4 rings (SSSR count). The predicted molar refractivity (Wildman–Crippen MR) is 103 cm³/mol. The highest BCUT2D eigenvalue weighted by molar-refractivity contribution is 5.75. The summed E-state index contributed by atoms with van der Waals surface area (Å²) in [7, 11) is 0. The summed E-state index contributed by atoms with van der Waals surface area (Å²) in [6.07, 6.45) is 1.53. The fourth-order valence-electron chi connectivity index (χ4n) is 3.44. The van der Waals surface area contributed by atoms with E-state index in [4.69, 9.17) is 5.26 Å². The van der Waals surface area contributed by atoms with Crippen LogP contribution in [0.3, 0.4) is 0 Å². The number of nitrogens with one attached hydrogen (secondary N) is 1. The topological polar surface area (TPSA) is 88.9 Å². The Kier molecular flexibility index (Phi) is 4.94. The Morgan fingerprint density at radius 2 is 1.97 bits per heavy atom. The van der Waals surface area contributed by atoms with Crippen molar-refractivity contribution in [2.45, 2.75) is 13.5 Å². The second-order valence-electron chi connectivity index (χ2n) is 6.99. The summed E-state index contributed by atoms with van der Waals surface area (Å²) in [5, 5.41) is 8.86. The van der Waals surface area contributed by atoms with Gasteiger partial charge in [0.05, 0.1) is 11.1 Å². The highest BCUT2D eigenvalue weighted by Crippen LogP contribution is 2.23. The molecule has 1 fully saturated rings. The summed E-state index contributed by atoms with van der Waals surface area (Å²) in [4.78, 5) is 26.6. The highest BCUT2D eigenvalue weighted by Gasteiger charge is 2.22. The number of piperazine rings is 1. The normalized spacial score (nSPS) is 14.9. The van der Waals surface area contributed by atoms with Crippen LogP contribution in [0.15, 0.2) is 29.2 Å². The molecule has 1 aliphatic rings. The summed E-state index contributed by atoms with van der Waals surface area (Å²) < 4.78 is 29.0. The van der Waals surface area contributed by atoms with Crippen molar-refractivity contribution in [1.29, 1.82) is 5.26 Å². The van der Waals surface area contributed by atoms with Crippen LogP contribution in [-0.2, 0) is 6.54 Å². The Hall–Kier alpha value is -3.38. The number of aryl methyl sites for hydroxylation is 1. The Balaban J connectivity index is 1.49. The molecule has 1 aliphatic heterocycles. The second kappa shape index (κ2) is 7.56. The van der Waals surface area contributed by atoms with Gasteiger partial charge in [0.15, 0.2) is 11.6 Å². The van der Waals surface area contributed by atoms with Gasteiger partial charge in [-0.25, -0.2) is 18.7 Å². The third-order valence-corrected chi connectivity index (χ3v) is 5.08. The first-order valence-electron chi connectivity index (χ1n) is 9.17. The molecule has 1 saturated heterocycles. The molecule has 3 heterocycles. The van der Waals surface area contributed by atoms with E-state index in [1.807, 2.05) is 11.0 Å². The summed E-state index contributed by atoms with van der Waals surface area (Å²) in [6.45, 7) is 4.31. The predicted octanol–water partition coefficient (Wildman–Crippen LogP) is 2.10. The molecule has 0 spiro atoms. The van der Waals surface area contributed by atoms with E-state index >= 15 is 0 Å². The van der Waals surface area contributed by atoms with Crippen LogP contribution in [0.4, 0.5) is 14.6 Å². The van der Waals surface area contributed by atoms with Gasteiger partial charge in [-0.2, -0.15) is 5.26 Å². The van der Waals surface area contributed by atoms with Crippen LogP contribution >= 0.6 is 0 Å². The molecule has 148 valence electrons. The molecule has 0 unspecified atom stereocenters. The van der Waals surface area contributed by atoms with Crippen LogP contribution in [0.2, 0.25) is 0 Å². The molecule has 0 atom stereocenters. The molecule has 0 aliphatic carbocycles. The van der Waals surface area contributed by atoms with Gasteiger partial charge >= 0.3 is 0 Å². The molecule has 29 heavy (non-hydrogen) atoms. The van der Waals surface area contributed by atoms with E-state index in [-0.39, 0.29) is 28.8 Å². The Morgan fingerprint density at radius 3 is 2.62 bits per heavy atom. The Morgan fingerprint density at radius 1 is 1.21 bits per heavy atom. The van der Waals surface area contributed by atoms with Crippen molar-refractivity contribution in [2.24, 2.45) is 0 Å². The average molecular weight is 396 g/mol. The summed E-state index contributed by atoms with van der Waals surface area (Å²) in [5.74, 6) is -1.20. The van der Waals surface area contributed by atoms with Crippen molar-refractivity contribution in [3.8, 4) is 6.07 Å². The molecular weight excluding hydrogens is 378 g/mol. The van der Waals surface area contributed by atoms with Crippen LogP contribution in [0.5, 0.6) is 0 Å². The molecule has 1 N–H and O–H groups in total. The molecule has 0 saturated carbocycles. The number of hydrogen-bond acceptors (Lipinski definition) is 6. The lowest BCUT2D eigenvalue weighted by molar-refractivity contribution is 0.245. The number of nitriles is 1. The standard InChI is InChI=1S/C20H18F2N6O/c1-12-20(29)26-15-8-14(17(21)18(22)19(15)25-12)11-27-4-6-28(7-5-27)16-3-2-13(9-23)10-24-16/h2-3,8,10H,4-7,11H2,1H3,(H,26,29). The van der Waals surface area contributed by atoms with Gasteiger partial charge < -0.3 is 9.88 Å². The third kappa shape index (κ3) is 3.67. The number of benzene rings is 1. The van der Waals surface area contributed by atoms with Crippen molar-refractivity contribution in [3.63, 3.8) is 0 Å². The Bertz CT molecular complexity index is 1160. The van der Waals surface area contributed by atoms with Gasteiger partial charge in [-0.15, -0.1) is 0 Å². The maximum atomic E-state index is 14.6. The molecule has 7 nitrogen and oxygen atoms in total. The quantitative estimate of drug-likeness (QED) is 0.729. The minimum Gasteiger partial charge on any atom is -0.354 e. The lowest BCUT2D eigenvalue weighted by Crippen LogP contribution is -2.46. The van der Waals surface area contributed by atoms with Gasteiger partial charge in [0, 0.05) is 44.5 Å². The summed E-state index contributed by atoms with van der Waals surface area (Å²) in [6, 6.07) is 7.02. The first-order valence-corrected chi connectivity index (χ1v) is 9.17. The molecule has 2 aromatic heterocycles. The van der Waals surface area contributed by atoms with Crippen molar-refractivity contribution >= 4 is 16.9 Å². The van der Waals surface area contributed by atoms with Gasteiger partial charge in [0.1, 0.15) is 23.1 Å². The first-order chi connectivity index (χ1) is 14.0. The van der Waals surface area contributed by atoms with E-state index in [0.717, 1.165) is 5.82 Å². The number of halogens is 2. The number of fused-ring (bicyclic) bond motifs is 1. The smallest absolute Gasteiger partial charge is 0.269 e. The van der Waals surface area contributed by atoms with Crippen molar-refractivity contribution < 1.29 is 8.78 Å². The fourth-order valence-corrected chi connectivity index (χ4v) is 3.44. The molecule has 0 radical (unpaired) electrons. The Labute approximate surface area is 165 Å². The van der Waals surface area contributed by atoms with E-state index in [1.54, 1.807) is 12.1 Å². The number of rotatable bonds is 3. The zero-order valence-corrected chi connectivity index (χ0v) is 15.7. The van der Waals surface area contributed by atoms with Crippen molar-refractivity contribution in [1.82, 2.24) is 19.9 Å². The van der Waals surface area contributed by atoms with E-state index in [9.17, 15) is 13.6 Å². The average Bonchev–Trinajstić information content (AvgIpc) is 2.74. The van der Waals surface area contributed by atoms with Crippen LogP contribution < -0.4 is 10.5 Å². The summed E-state index contributed by atoms with van der Waals surface area (Å²) in [5.41, 5.74) is 0.384. The van der Waals surface area contributed by atoms with Crippen molar-refractivity contribution in [3.05, 3.63) is 63.2 Å². The van der Waals surface area contributed by atoms with Crippen LogP contribution in [0.25, 0.3) is 11.0 Å². The van der Waals surface area contributed by atoms with E-state index < -0.39 is 17.2 Å². The van der Waals surface area contributed by atoms with Gasteiger partial charge in [0.2, 0.25) is 0 Å².